The highest BCUT2D eigenvalue weighted by Crippen LogP contribution is 2.23. The normalized spacial score (nSPS) is 10.7. The zero-order valence-corrected chi connectivity index (χ0v) is 15.0. The molecule has 1 heterocycles. The second-order valence-corrected chi connectivity index (χ2v) is 5.86. The molecular formula is C19H19N3O4. The molecule has 1 N–H and O–H groups in total. The summed E-state index contributed by atoms with van der Waals surface area (Å²) in [6.45, 7) is 4.93. The van der Waals surface area contributed by atoms with E-state index in [1.165, 1.54) is 13.3 Å². The van der Waals surface area contributed by atoms with E-state index < -0.39 is 24.0 Å². The minimum atomic E-state index is -0.753. The SMILES string of the molecule is COC(=O)Cn1c(O)c(C=Nc2ccc(C)cc2C)c(C)c(C#N)c1=O. The molecule has 0 bridgehead atoms. The van der Waals surface area contributed by atoms with Gasteiger partial charge in [0, 0.05) is 6.21 Å². The Morgan fingerprint density at radius 1 is 1.38 bits per heavy atom. The molecule has 0 fully saturated rings. The van der Waals surface area contributed by atoms with Gasteiger partial charge in [-0.25, -0.2) is 0 Å². The van der Waals surface area contributed by atoms with Crippen molar-refractivity contribution in [3.63, 3.8) is 0 Å². The molecule has 0 unspecified atom stereocenters. The Morgan fingerprint density at radius 2 is 2.08 bits per heavy atom. The molecule has 0 saturated carbocycles. The number of nitrogens with zero attached hydrogens (tertiary/aromatic N) is 3. The fourth-order valence-electron chi connectivity index (χ4n) is 2.55. The molecule has 0 aliphatic heterocycles. The molecule has 0 atom stereocenters. The van der Waals surface area contributed by atoms with Crippen LogP contribution in [0.2, 0.25) is 0 Å². The predicted octanol–water partition coefficient (Wildman–Crippen LogP) is 2.27. The highest BCUT2D eigenvalue weighted by molar-refractivity contribution is 5.88. The molecule has 0 aliphatic rings. The molecule has 0 amide bonds. The Hall–Kier alpha value is -3.40. The van der Waals surface area contributed by atoms with E-state index >= 15 is 0 Å². The lowest BCUT2D eigenvalue weighted by Crippen LogP contribution is -2.28. The zero-order valence-electron chi connectivity index (χ0n) is 15.0. The molecule has 2 aromatic rings. The molecule has 7 heteroatoms. The minimum Gasteiger partial charge on any atom is -0.494 e. The Bertz CT molecular complexity index is 997. The van der Waals surface area contributed by atoms with Crippen LogP contribution in [-0.4, -0.2) is 29.0 Å². The van der Waals surface area contributed by atoms with Crippen LogP contribution >= 0.6 is 0 Å². The van der Waals surface area contributed by atoms with Gasteiger partial charge in [0.25, 0.3) is 5.56 Å². The number of aromatic nitrogens is 1. The number of nitriles is 1. The lowest BCUT2D eigenvalue weighted by atomic mass is 10.1. The van der Waals surface area contributed by atoms with Gasteiger partial charge in [0.15, 0.2) is 0 Å². The predicted molar refractivity (Wildman–Crippen MR) is 97.0 cm³/mol. The van der Waals surface area contributed by atoms with Crippen molar-refractivity contribution < 1.29 is 14.6 Å². The van der Waals surface area contributed by atoms with Gasteiger partial charge in [0.2, 0.25) is 5.88 Å². The maximum Gasteiger partial charge on any atom is 0.325 e. The molecular weight excluding hydrogens is 334 g/mol. The van der Waals surface area contributed by atoms with Crippen LogP contribution in [0.1, 0.15) is 27.8 Å². The summed E-state index contributed by atoms with van der Waals surface area (Å²) in [6.07, 6.45) is 1.39. The average Bonchev–Trinajstić information content (AvgIpc) is 2.60. The Kier molecular flexibility index (Phi) is 5.58. The van der Waals surface area contributed by atoms with E-state index in [9.17, 15) is 20.0 Å². The van der Waals surface area contributed by atoms with Crippen LogP contribution in [0.15, 0.2) is 28.0 Å². The molecule has 1 aromatic carbocycles. The summed E-state index contributed by atoms with van der Waals surface area (Å²) in [4.78, 5) is 28.2. The van der Waals surface area contributed by atoms with Crippen LogP contribution in [0, 0.1) is 32.1 Å². The molecule has 1 aromatic heterocycles. The third-order valence-corrected chi connectivity index (χ3v) is 4.05. The number of esters is 1. The van der Waals surface area contributed by atoms with Crippen molar-refractivity contribution in [2.75, 3.05) is 7.11 Å². The van der Waals surface area contributed by atoms with Crippen molar-refractivity contribution in [1.29, 1.82) is 5.26 Å². The number of aryl methyl sites for hydroxylation is 2. The lowest BCUT2D eigenvalue weighted by molar-refractivity contribution is -0.141. The van der Waals surface area contributed by atoms with E-state index in [-0.39, 0.29) is 11.1 Å². The van der Waals surface area contributed by atoms with Crippen molar-refractivity contribution in [3.8, 4) is 11.9 Å². The minimum absolute atomic E-state index is 0.159. The largest absolute Gasteiger partial charge is 0.494 e. The van der Waals surface area contributed by atoms with E-state index in [2.05, 4.69) is 9.73 Å². The topological polar surface area (TPSA) is 105 Å². The molecule has 134 valence electrons. The summed E-state index contributed by atoms with van der Waals surface area (Å²) in [5, 5.41) is 19.7. The molecule has 26 heavy (non-hydrogen) atoms. The highest BCUT2D eigenvalue weighted by Gasteiger charge is 2.19. The zero-order chi connectivity index (χ0) is 19.4. The Balaban J connectivity index is 2.62. The van der Waals surface area contributed by atoms with Crippen LogP contribution < -0.4 is 5.56 Å². The number of hydrogen-bond acceptors (Lipinski definition) is 6. The van der Waals surface area contributed by atoms with Crippen LogP contribution in [0.25, 0.3) is 0 Å². The van der Waals surface area contributed by atoms with Crippen LogP contribution in [0.4, 0.5) is 5.69 Å². The molecule has 2 rings (SSSR count). The van der Waals surface area contributed by atoms with Crippen molar-refractivity contribution in [2.24, 2.45) is 4.99 Å². The number of aliphatic imine (C=N–C) groups is 1. The van der Waals surface area contributed by atoms with Crippen LogP contribution in [0.3, 0.4) is 0 Å². The first-order valence-electron chi connectivity index (χ1n) is 7.84. The quantitative estimate of drug-likeness (QED) is 0.670. The Morgan fingerprint density at radius 3 is 2.65 bits per heavy atom. The van der Waals surface area contributed by atoms with Gasteiger partial charge < -0.3 is 9.84 Å². The Labute approximate surface area is 150 Å². The number of aromatic hydroxyl groups is 1. The van der Waals surface area contributed by atoms with Gasteiger partial charge in [0.05, 0.1) is 18.4 Å². The van der Waals surface area contributed by atoms with Crippen molar-refractivity contribution >= 4 is 17.9 Å². The first kappa shape index (κ1) is 18.9. The number of rotatable bonds is 4. The van der Waals surface area contributed by atoms with Gasteiger partial charge in [0.1, 0.15) is 18.2 Å². The average molecular weight is 353 g/mol. The number of methoxy groups -OCH3 is 1. The molecule has 0 aliphatic carbocycles. The third-order valence-electron chi connectivity index (χ3n) is 4.05. The van der Waals surface area contributed by atoms with Gasteiger partial charge in [-0.05, 0) is 38.0 Å². The van der Waals surface area contributed by atoms with Gasteiger partial charge in [-0.1, -0.05) is 17.7 Å². The van der Waals surface area contributed by atoms with E-state index in [0.29, 0.717) is 11.3 Å². The van der Waals surface area contributed by atoms with Gasteiger partial charge >= 0.3 is 5.97 Å². The van der Waals surface area contributed by atoms with Gasteiger partial charge in [-0.15, -0.1) is 0 Å². The van der Waals surface area contributed by atoms with E-state index in [0.717, 1.165) is 15.7 Å². The molecule has 0 saturated heterocycles. The van der Waals surface area contributed by atoms with Crippen molar-refractivity contribution in [2.45, 2.75) is 27.3 Å². The van der Waals surface area contributed by atoms with E-state index in [1.54, 1.807) is 6.92 Å². The first-order valence-corrected chi connectivity index (χ1v) is 7.84. The summed E-state index contributed by atoms with van der Waals surface area (Å²) in [7, 11) is 1.17. The van der Waals surface area contributed by atoms with Crippen LogP contribution in [0.5, 0.6) is 5.88 Å². The molecule has 0 spiro atoms. The number of carbonyl (C=O) groups is 1. The lowest BCUT2D eigenvalue weighted by Gasteiger charge is -2.13. The van der Waals surface area contributed by atoms with Crippen molar-refractivity contribution in [3.05, 3.63) is 56.4 Å². The standard InChI is InChI=1S/C19H19N3O4/c1-11-5-6-16(12(2)7-11)21-9-15-13(3)14(8-20)18(24)22(19(15)25)10-17(23)26-4/h5-7,9,25H,10H2,1-4H3. The number of benzene rings is 1. The molecule has 0 radical (unpaired) electrons. The fourth-order valence-corrected chi connectivity index (χ4v) is 2.55. The summed E-state index contributed by atoms with van der Waals surface area (Å²) >= 11 is 0. The highest BCUT2D eigenvalue weighted by atomic mass is 16.5. The summed E-state index contributed by atoms with van der Waals surface area (Å²) in [6, 6.07) is 7.54. The maximum absolute atomic E-state index is 12.3. The number of ether oxygens (including phenoxy) is 1. The number of carbonyl (C=O) groups excluding carboxylic acids is 1. The van der Waals surface area contributed by atoms with Gasteiger partial charge in [-0.2, -0.15) is 5.26 Å². The first-order chi connectivity index (χ1) is 12.3. The fraction of sp³-hybridized carbons (Fsp3) is 0.263. The second kappa shape index (κ2) is 7.66. The van der Waals surface area contributed by atoms with E-state index in [4.69, 9.17) is 0 Å². The number of pyridine rings is 1. The number of hydrogen-bond donors (Lipinski definition) is 1. The van der Waals surface area contributed by atoms with E-state index in [1.807, 2.05) is 38.1 Å². The van der Waals surface area contributed by atoms with Crippen molar-refractivity contribution in [1.82, 2.24) is 4.57 Å². The smallest absolute Gasteiger partial charge is 0.325 e. The van der Waals surface area contributed by atoms with Crippen LogP contribution in [-0.2, 0) is 16.1 Å². The third kappa shape index (κ3) is 3.64. The second-order valence-electron chi connectivity index (χ2n) is 5.86. The maximum atomic E-state index is 12.3. The summed E-state index contributed by atoms with van der Waals surface area (Å²) in [5.41, 5.74) is 2.32. The monoisotopic (exact) mass is 353 g/mol. The molecule has 7 nitrogen and oxygen atoms in total. The summed E-state index contributed by atoms with van der Waals surface area (Å²) < 4.78 is 5.34. The summed E-state index contributed by atoms with van der Waals surface area (Å²) in [5.74, 6) is -1.15. The van der Waals surface area contributed by atoms with Gasteiger partial charge in [-0.3, -0.25) is 19.1 Å².